The molecule has 10 heteroatoms. The highest BCUT2D eigenvalue weighted by Crippen LogP contribution is 2.31. The van der Waals surface area contributed by atoms with Crippen LogP contribution in [0.3, 0.4) is 0 Å². The first kappa shape index (κ1) is 27.5. The summed E-state index contributed by atoms with van der Waals surface area (Å²) < 4.78 is 16.5. The van der Waals surface area contributed by atoms with Gasteiger partial charge in [-0.25, -0.2) is 9.18 Å². The highest BCUT2D eigenvalue weighted by Gasteiger charge is 2.31. The van der Waals surface area contributed by atoms with Crippen LogP contribution in [0.15, 0.2) is 53.5 Å². The summed E-state index contributed by atoms with van der Waals surface area (Å²) in [5.74, 6) is -0.510. The lowest BCUT2D eigenvalue weighted by molar-refractivity contribution is 0.259. The van der Waals surface area contributed by atoms with Crippen LogP contribution in [-0.4, -0.2) is 45.8 Å². The normalized spacial score (nSPS) is 15.4. The standard InChI is InChI=1S/C29H35ClFN7O/c1-18(32)3-2-4-20-11-23(26(31)24(30)12-20)25-13-21-15-38(28(39)37-27(21)36-25)22-7-5-19(6-8-22)14-34-10-9-29(33)16-35-17-29/h5-8,11-13,15,18,34-35H,2-4,9-10,14,16-17,32-33H2,1H3,(H,36,37,39)/t18-/m0/s1. The minimum Gasteiger partial charge on any atom is -0.339 e. The van der Waals surface area contributed by atoms with Gasteiger partial charge in [0.1, 0.15) is 5.65 Å². The quantitative estimate of drug-likeness (QED) is 0.181. The van der Waals surface area contributed by atoms with E-state index in [1.807, 2.05) is 31.2 Å². The number of benzene rings is 2. The van der Waals surface area contributed by atoms with Gasteiger partial charge in [0.05, 0.1) is 16.4 Å². The maximum absolute atomic E-state index is 15.0. The zero-order chi connectivity index (χ0) is 27.6. The summed E-state index contributed by atoms with van der Waals surface area (Å²) in [7, 11) is 0. The SMILES string of the molecule is C[C@H](N)CCCc1cc(Cl)c(F)c(-c2cc3cn(-c4ccc(CNCCC5(N)CNC5)cc4)c(=O)nc3[nH]2)c1. The number of aromatic nitrogens is 3. The fourth-order valence-corrected chi connectivity index (χ4v) is 5.15. The van der Waals surface area contributed by atoms with Crippen molar-refractivity contribution in [3.05, 3.63) is 81.1 Å². The van der Waals surface area contributed by atoms with Crippen LogP contribution >= 0.6 is 11.6 Å². The van der Waals surface area contributed by atoms with Crippen molar-refractivity contribution in [2.45, 2.75) is 50.7 Å². The van der Waals surface area contributed by atoms with Crippen molar-refractivity contribution >= 4 is 22.6 Å². The molecule has 1 atom stereocenters. The number of aryl methyl sites for hydroxylation is 1. The number of fused-ring (bicyclic) bond motifs is 1. The van der Waals surface area contributed by atoms with Crippen LogP contribution in [0, 0.1) is 5.82 Å². The molecule has 1 aliphatic rings. The van der Waals surface area contributed by atoms with Crippen molar-refractivity contribution in [3.8, 4) is 16.9 Å². The first-order valence-corrected chi connectivity index (χ1v) is 13.7. The van der Waals surface area contributed by atoms with Gasteiger partial charge in [0.25, 0.3) is 0 Å². The predicted molar refractivity (Wildman–Crippen MR) is 155 cm³/mol. The molecule has 8 nitrogen and oxygen atoms in total. The number of aromatic amines is 1. The van der Waals surface area contributed by atoms with Gasteiger partial charge in [-0.15, -0.1) is 0 Å². The molecule has 1 aliphatic heterocycles. The maximum Gasteiger partial charge on any atom is 0.354 e. The molecule has 7 N–H and O–H groups in total. The number of rotatable bonds is 11. The Morgan fingerprint density at radius 1 is 1.21 bits per heavy atom. The molecule has 0 unspecified atom stereocenters. The fourth-order valence-electron chi connectivity index (χ4n) is 4.91. The Morgan fingerprint density at radius 3 is 2.67 bits per heavy atom. The van der Waals surface area contributed by atoms with Crippen LogP contribution in [0.1, 0.15) is 37.3 Å². The van der Waals surface area contributed by atoms with Gasteiger partial charge in [0.15, 0.2) is 5.82 Å². The minimum absolute atomic E-state index is 0.0617. The molecule has 0 amide bonds. The zero-order valence-electron chi connectivity index (χ0n) is 22.1. The van der Waals surface area contributed by atoms with Crippen molar-refractivity contribution in [1.82, 2.24) is 25.2 Å². The highest BCUT2D eigenvalue weighted by molar-refractivity contribution is 6.31. The number of nitrogens with zero attached hydrogens (tertiary/aromatic N) is 2. The van der Waals surface area contributed by atoms with Crippen molar-refractivity contribution < 1.29 is 4.39 Å². The molecule has 0 saturated carbocycles. The number of nitrogens with one attached hydrogen (secondary N) is 3. The fraction of sp³-hybridized carbons (Fsp3) is 0.379. The van der Waals surface area contributed by atoms with Crippen LogP contribution in [0.2, 0.25) is 5.02 Å². The van der Waals surface area contributed by atoms with E-state index in [0.717, 1.165) is 63.0 Å². The first-order valence-electron chi connectivity index (χ1n) is 13.4. The summed E-state index contributed by atoms with van der Waals surface area (Å²) in [6, 6.07) is 13.1. The molecule has 0 spiro atoms. The highest BCUT2D eigenvalue weighted by atomic mass is 35.5. The van der Waals surface area contributed by atoms with Gasteiger partial charge in [0, 0.05) is 48.4 Å². The van der Waals surface area contributed by atoms with E-state index in [1.54, 1.807) is 24.4 Å². The lowest BCUT2D eigenvalue weighted by Crippen LogP contribution is -2.66. The maximum atomic E-state index is 15.0. The third-order valence-electron chi connectivity index (χ3n) is 7.31. The summed E-state index contributed by atoms with van der Waals surface area (Å²) in [5.41, 5.74) is 15.6. The molecule has 0 aliphatic carbocycles. The van der Waals surface area contributed by atoms with Crippen LogP contribution in [0.25, 0.3) is 28.0 Å². The van der Waals surface area contributed by atoms with Crippen LogP contribution in [0.5, 0.6) is 0 Å². The van der Waals surface area contributed by atoms with Gasteiger partial charge in [-0.05, 0) is 80.6 Å². The summed E-state index contributed by atoms with van der Waals surface area (Å²) in [4.78, 5) is 20.2. The number of nitrogens with two attached hydrogens (primary N) is 2. The van der Waals surface area contributed by atoms with Crippen molar-refractivity contribution in [1.29, 1.82) is 0 Å². The second kappa shape index (κ2) is 11.6. The largest absolute Gasteiger partial charge is 0.354 e. The van der Waals surface area contributed by atoms with Crippen molar-refractivity contribution in [2.24, 2.45) is 11.5 Å². The van der Waals surface area contributed by atoms with Gasteiger partial charge in [-0.3, -0.25) is 4.57 Å². The molecule has 2 aromatic heterocycles. The molecule has 5 rings (SSSR count). The van der Waals surface area contributed by atoms with Gasteiger partial charge in [-0.2, -0.15) is 4.98 Å². The summed E-state index contributed by atoms with van der Waals surface area (Å²) >= 11 is 6.23. The molecule has 1 saturated heterocycles. The van der Waals surface area contributed by atoms with E-state index in [9.17, 15) is 4.79 Å². The van der Waals surface area contributed by atoms with E-state index in [-0.39, 0.29) is 16.6 Å². The molecular formula is C29H35ClFN7O. The second-order valence-electron chi connectivity index (χ2n) is 10.7. The Hall–Kier alpha value is -3.08. The average molecular weight is 552 g/mol. The van der Waals surface area contributed by atoms with Crippen molar-refractivity contribution in [2.75, 3.05) is 19.6 Å². The first-order chi connectivity index (χ1) is 18.7. The summed E-state index contributed by atoms with van der Waals surface area (Å²) in [6.07, 6.45) is 5.14. The smallest absolute Gasteiger partial charge is 0.339 e. The Morgan fingerprint density at radius 2 is 1.97 bits per heavy atom. The Kier molecular flexibility index (Phi) is 8.16. The predicted octanol–water partition coefficient (Wildman–Crippen LogP) is 3.62. The molecule has 1 fully saturated rings. The van der Waals surface area contributed by atoms with Crippen LogP contribution < -0.4 is 27.8 Å². The monoisotopic (exact) mass is 551 g/mol. The molecule has 39 heavy (non-hydrogen) atoms. The Bertz CT molecular complexity index is 1510. The van der Waals surface area contributed by atoms with Gasteiger partial charge >= 0.3 is 5.69 Å². The van der Waals surface area contributed by atoms with Crippen molar-refractivity contribution in [3.63, 3.8) is 0 Å². The average Bonchev–Trinajstić information content (AvgIpc) is 3.29. The lowest BCUT2D eigenvalue weighted by atomic mass is 9.90. The number of hydrogen-bond donors (Lipinski definition) is 5. The summed E-state index contributed by atoms with van der Waals surface area (Å²) in [6.45, 7) is 5.26. The van der Waals surface area contributed by atoms with E-state index in [4.69, 9.17) is 23.1 Å². The molecule has 0 bridgehead atoms. The van der Waals surface area contributed by atoms with Gasteiger partial charge < -0.3 is 27.1 Å². The van der Waals surface area contributed by atoms with E-state index >= 15 is 4.39 Å². The number of H-pyrrole nitrogens is 1. The molecule has 3 heterocycles. The minimum atomic E-state index is -0.510. The lowest BCUT2D eigenvalue weighted by Gasteiger charge is -2.39. The Labute approximate surface area is 232 Å². The Balaban J connectivity index is 1.32. The molecule has 0 radical (unpaired) electrons. The van der Waals surface area contributed by atoms with Crippen LogP contribution in [-0.2, 0) is 13.0 Å². The summed E-state index contributed by atoms with van der Waals surface area (Å²) in [5, 5.41) is 7.39. The third kappa shape index (κ3) is 6.40. The van der Waals surface area contributed by atoms with E-state index < -0.39 is 11.5 Å². The second-order valence-corrected chi connectivity index (χ2v) is 11.2. The van der Waals surface area contributed by atoms with Gasteiger partial charge in [0.2, 0.25) is 0 Å². The van der Waals surface area contributed by atoms with E-state index in [2.05, 4.69) is 20.6 Å². The molecular weight excluding hydrogens is 517 g/mol. The molecule has 4 aromatic rings. The van der Waals surface area contributed by atoms with E-state index in [1.165, 1.54) is 4.57 Å². The number of halogens is 2. The third-order valence-corrected chi connectivity index (χ3v) is 7.58. The van der Waals surface area contributed by atoms with Gasteiger partial charge in [-0.1, -0.05) is 23.7 Å². The zero-order valence-corrected chi connectivity index (χ0v) is 22.8. The molecule has 2 aromatic carbocycles. The molecule has 206 valence electrons. The topological polar surface area (TPSA) is 127 Å². The number of hydrogen-bond acceptors (Lipinski definition) is 6. The van der Waals surface area contributed by atoms with E-state index in [0.29, 0.717) is 28.0 Å². The van der Waals surface area contributed by atoms with Crippen LogP contribution in [0.4, 0.5) is 4.39 Å².